The van der Waals surface area contributed by atoms with Crippen molar-refractivity contribution >= 4 is 32.7 Å². The van der Waals surface area contributed by atoms with Gasteiger partial charge < -0.3 is 9.47 Å². The van der Waals surface area contributed by atoms with Crippen LogP contribution in [0.2, 0.25) is 0 Å². The second-order valence-electron chi connectivity index (χ2n) is 8.19. The lowest BCUT2D eigenvalue weighted by Crippen LogP contribution is -2.25. The zero-order valence-corrected chi connectivity index (χ0v) is 20.2. The first-order valence-corrected chi connectivity index (χ1v) is 12.4. The minimum Gasteiger partial charge on any atom is -0.497 e. The van der Waals surface area contributed by atoms with E-state index in [-0.39, 0.29) is 16.7 Å². The summed E-state index contributed by atoms with van der Waals surface area (Å²) in [6.45, 7) is 3.28. The van der Waals surface area contributed by atoms with Gasteiger partial charge in [-0.05, 0) is 55.0 Å². The van der Waals surface area contributed by atoms with E-state index in [0.717, 1.165) is 5.56 Å². The summed E-state index contributed by atoms with van der Waals surface area (Å²) in [5.41, 5.74) is 2.61. The number of aromatic nitrogens is 1. The van der Waals surface area contributed by atoms with Gasteiger partial charge in [-0.3, -0.25) is 4.79 Å². The number of amides is 1. The smallest absolute Gasteiger partial charge is 0.268 e. The Morgan fingerprint density at radius 1 is 1.03 bits per heavy atom. The molecule has 0 spiro atoms. The Kier molecular flexibility index (Phi) is 5.56. The highest BCUT2D eigenvalue weighted by atomic mass is 32.2. The maximum Gasteiger partial charge on any atom is 0.268 e. The number of ether oxygens (including phenoxy) is 2. The highest BCUT2D eigenvalue weighted by molar-refractivity contribution is 7.90. The fourth-order valence-corrected chi connectivity index (χ4v) is 5.43. The maximum atomic E-state index is 13.7. The molecule has 1 atom stereocenters. The number of methoxy groups -OCH3 is 1. The number of fused-ring (bicyclic) bond motifs is 1. The molecule has 8 nitrogen and oxygen atoms in total. The van der Waals surface area contributed by atoms with Gasteiger partial charge in [0.25, 0.3) is 10.0 Å². The van der Waals surface area contributed by atoms with Crippen LogP contribution < -0.4 is 4.74 Å². The van der Waals surface area contributed by atoms with E-state index >= 15 is 0 Å². The number of rotatable bonds is 5. The molecule has 2 heterocycles. The van der Waals surface area contributed by atoms with Gasteiger partial charge in [0.05, 0.1) is 17.5 Å². The number of benzene rings is 3. The summed E-state index contributed by atoms with van der Waals surface area (Å²) in [5.74, 6) is 0.517. The molecule has 1 aliphatic heterocycles. The van der Waals surface area contributed by atoms with Gasteiger partial charge in [-0.25, -0.2) is 12.4 Å². The Hall–Kier alpha value is -4.11. The van der Waals surface area contributed by atoms with E-state index in [2.05, 4.69) is 5.10 Å². The fourth-order valence-electron chi connectivity index (χ4n) is 4.06. The molecule has 4 aromatic rings. The van der Waals surface area contributed by atoms with E-state index in [0.29, 0.717) is 27.8 Å². The molecule has 9 heteroatoms. The largest absolute Gasteiger partial charge is 0.497 e. The van der Waals surface area contributed by atoms with Crippen molar-refractivity contribution in [3.8, 4) is 5.75 Å². The summed E-state index contributed by atoms with van der Waals surface area (Å²) in [5, 5.41) is 6.28. The number of hydrogen-bond acceptors (Lipinski definition) is 6. The van der Waals surface area contributed by atoms with Gasteiger partial charge in [-0.15, -0.1) is 5.10 Å². The summed E-state index contributed by atoms with van der Waals surface area (Å²) >= 11 is 0. The van der Waals surface area contributed by atoms with E-state index in [9.17, 15) is 13.2 Å². The highest BCUT2D eigenvalue weighted by Gasteiger charge is 2.36. The standard InChI is InChI=1S/C26H23N3O5S/c1-17-9-14-22-23(26-29(18(2)30)27-25(34-26)19-7-5-4-6-8-19)16-28(24(22)15-17)35(31,32)21-12-10-20(33-3)11-13-21/h4-16,26H,1-3H3. The van der Waals surface area contributed by atoms with Crippen LogP contribution in [-0.2, 0) is 19.6 Å². The second-order valence-corrected chi connectivity index (χ2v) is 10.0. The van der Waals surface area contributed by atoms with Crippen LogP contribution in [0.5, 0.6) is 5.75 Å². The average molecular weight is 490 g/mol. The molecule has 1 unspecified atom stereocenters. The molecular weight excluding hydrogens is 466 g/mol. The zero-order valence-electron chi connectivity index (χ0n) is 19.4. The average Bonchev–Trinajstić information content (AvgIpc) is 3.47. The number of carbonyl (C=O) groups is 1. The van der Waals surface area contributed by atoms with Gasteiger partial charge in [0.2, 0.25) is 18.0 Å². The van der Waals surface area contributed by atoms with Crippen LogP contribution in [0.1, 0.15) is 29.8 Å². The summed E-state index contributed by atoms with van der Waals surface area (Å²) in [4.78, 5) is 12.6. The number of aryl methyl sites for hydroxylation is 1. The summed E-state index contributed by atoms with van der Waals surface area (Å²) in [6.07, 6.45) is 0.591. The Balaban J connectivity index is 1.65. The maximum absolute atomic E-state index is 13.7. The third kappa shape index (κ3) is 3.93. The van der Waals surface area contributed by atoms with E-state index in [1.165, 1.54) is 41.3 Å². The number of carbonyl (C=O) groups excluding carboxylic acids is 1. The second kappa shape index (κ2) is 8.59. The summed E-state index contributed by atoms with van der Waals surface area (Å²) in [6, 6.07) is 21.0. The molecule has 5 rings (SSSR count). The van der Waals surface area contributed by atoms with Crippen molar-refractivity contribution in [1.29, 1.82) is 0 Å². The molecule has 0 saturated carbocycles. The molecule has 0 radical (unpaired) electrons. The van der Waals surface area contributed by atoms with Crippen molar-refractivity contribution in [3.63, 3.8) is 0 Å². The normalized spacial score (nSPS) is 15.7. The Labute approximate surface area is 203 Å². The lowest BCUT2D eigenvalue weighted by Gasteiger charge is -2.18. The minimum atomic E-state index is -3.95. The van der Waals surface area contributed by atoms with Gasteiger partial charge >= 0.3 is 0 Å². The molecule has 0 aliphatic carbocycles. The Bertz CT molecular complexity index is 1560. The van der Waals surface area contributed by atoms with Crippen molar-refractivity contribution < 1.29 is 22.7 Å². The number of nitrogens with zero attached hydrogens (tertiary/aromatic N) is 3. The van der Waals surface area contributed by atoms with E-state index in [4.69, 9.17) is 9.47 Å². The van der Waals surface area contributed by atoms with Crippen LogP contribution in [0, 0.1) is 6.92 Å². The van der Waals surface area contributed by atoms with Crippen molar-refractivity contribution in [1.82, 2.24) is 8.98 Å². The van der Waals surface area contributed by atoms with Crippen molar-refractivity contribution in [3.05, 3.63) is 95.7 Å². The van der Waals surface area contributed by atoms with Crippen LogP contribution in [0.25, 0.3) is 10.9 Å². The highest BCUT2D eigenvalue weighted by Crippen LogP contribution is 2.37. The molecule has 0 bridgehead atoms. The lowest BCUT2D eigenvalue weighted by molar-refractivity contribution is -0.135. The lowest BCUT2D eigenvalue weighted by atomic mass is 10.1. The number of hydrogen-bond donors (Lipinski definition) is 0. The quantitative estimate of drug-likeness (QED) is 0.414. The molecular formula is C26H23N3O5S. The van der Waals surface area contributed by atoms with Crippen molar-refractivity contribution in [2.45, 2.75) is 25.0 Å². The molecule has 1 amide bonds. The predicted octanol–water partition coefficient (Wildman–Crippen LogP) is 4.43. The van der Waals surface area contributed by atoms with E-state index in [1.807, 2.05) is 49.4 Å². The molecule has 3 aromatic carbocycles. The van der Waals surface area contributed by atoms with Crippen LogP contribution in [0.3, 0.4) is 0 Å². The predicted molar refractivity (Wildman–Crippen MR) is 132 cm³/mol. The minimum absolute atomic E-state index is 0.111. The molecule has 0 saturated heterocycles. The van der Waals surface area contributed by atoms with Gasteiger partial charge in [-0.2, -0.15) is 5.01 Å². The van der Waals surface area contributed by atoms with Crippen LogP contribution >= 0.6 is 0 Å². The molecule has 0 fully saturated rings. The monoisotopic (exact) mass is 489 g/mol. The van der Waals surface area contributed by atoms with E-state index < -0.39 is 16.3 Å². The van der Waals surface area contributed by atoms with Gasteiger partial charge in [0.15, 0.2) is 0 Å². The fraction of sp³-hybridized carbons (Fsp3) is 0.154. The first-order chi connectivity index (χ1) is 16.8. The van der Waals surface area contributed by atoms with E-state index in [1.54, 1.807) is 18.2 Å². The van der Waals surface area contributed by atoms with Crippen LogP contribution in [0.15, 0.2) is 89.0 Å². The Morgan fingerprint density at radius 2 is 1.74 bits per heavy atom. The van der Waals surface area contributed by atoms with Crippen LogP contribution in [0.4, 0.5) is 0 Å². The van der Waals surface area contributed by atoms with Crippen molar-refractivity contribution in [2.24, 2.45) is 5.10 Å². The zero-order chi connectivity index (χ0) is 24.7. The Morgan fingerprint density at radius 3 is 2.40 bits per heavy atom. The van der Waals surface area contributed by atoms with Gasteiger partial charge in [-0.1, -0.05) is 30.3 Å². The summed E-state index contributed by atoms with van der Waals surface area (Å²) < 4.78 is 39.8. The molecule has 0 N–H and O–H groups in total. The molecule has 178 valence electrons. The molecule has 1 aliphatic rings. The van der Waals surface area contributed by atoms with Gasteiger partial charge in [0, 0.05) is 29.6 Å². The van der Waals surface area contributed by atoms with Crippen molar-refractivity contribution in [2.75, 3.05) is 7.11 Å². The first-order valence-electron chi connectivity index (χ1n) is 10.9. The first kappa shape index (κ1) is 22.7. The van der Waals surface area contributed by atoms with Gasteiger partial charge in [0.1, 0.15) is 5.75 Å². The summed E-state index contributed by atoms with van der Waals surface area (Å²) in [7, 11) is -2.43. The number of hydrazone groups is 1. The topological polar surface area (TPSA) is 90.2 Å². The SMILES string of the molecule is COc1ccc(S(=O)(=O)n2cc(C3OC(c4ccccc4)=NN3C(C)=O)c3ccc(C)cc32)cc1. The molecule has 35 heavy (non-hydrogen) atoms. The van der Waals surface area contributed by atoms with Crippen LogP contribution in [-0.4, -0.2) is 36.3 Å². The molecule has 1 aromatic heterocycles. The third-order valence-corrected chi connectivity index (χ3v) is 7.52. The third-order valence-electron chi connectivity index (χ3n) is 5.83.